The van der Waals surface area contributed by atoms with E-state index >= 15 is 0 Å². The zero-order valence-electron chi connectivity index (χ0n) is 11.0. The lowest BCUT2D eigenvalue weighted by Gasteiger charge is -2.22. The molecule has 0 aliphatic carbocycles. The summed E-state index contributed by atoms with van der Waals surface area (Å²) >= 11 is 0. The molecule has 0 atom stereocenters. The van der Waals surface area contributed by atoms with E-state index in [0.29, 0.717) is 12.4 Å². The van der Waals surface area contributed by atoms with Crippen LogP contribution in [0.4, 0.5) is 5.69 Å². The van der Waals surface area contributed by atoms with Crippen molar-refractivity contribution >= 4 is 11.6 Å². The maximum absolute atomic E-state index is 12.2. The zero-order valence-corrected chi connectivity index (χ0v) is 11.0. The van der Waals surface area contributed by atoms with Crippen molar-refractivity contribution in [3.63, 3.8) is 0 Å². The van der Waals surface area contributed by atoms with Gasteiger partial charge >= 0.3 is 0 Å². The Morgan fingerprint density at radius 1 is 1.42 bits per heavy atom. The second-order valence-corrected chi connectivity index (χ2v) is 4.61. The lowest BCUT2D eigenvalue weighted by Crippen LogP contribution is -2.34. The molecule has 1 heterocycles. The molecule has 0 saturated carbocycles. The molecule has 4 heteroatoms. The van der Waals surface area contributed by atoms with Gasteiger partial charge in [0.15, 0.2) is 0 Å². The van der Waals surface area contributed by atoms with Crippen LogP contribution >= 0.6 is 0 Å². The van der Waals surface area contributed by atoms with Crippen molar-refractivity contribution in [2.75, 3.05) is 25.0 Å². The van der Waals surface area contributed by atoms with Gasteiger partial charge in [-0.05, 0) is 38.1 Å². The average molecular weight is 260 g/mol. The largest absolute Gasteiger partial charge is 0.487 e. The number of para-hydroxylation sites is 2. The zero-order chi connectivity index (χ0) is 13.5. The molecule has 0 bridgehead atoms. The van der Waals surface area contributed by atoms with Crippen LogP contribution in [0.1, 0.15) is 12.8 Å². The first-order valence-corrected chi connectivity index (χ1v) is 6.65. The Morgan fingerprint density at radius 2 is 2.16 bits per heavy atom. The predicted octanol–water partition coefficient (Wildman–Crippen LogP) is 2.19. The van der Waals surface area contributed by atoms with Gasteiger partial charge in [-0.3, -0.25) is 4.79 Å². The van der Waals surface area contributed by atoms with E-state index in [1.807, 2.05) is 24.3 Å². The summed E-state index contributed by atoms with van der Waals surface area (Å²) in [7, 11) is 0. The van der Waals surface area contributed by atoms with E-state index in [4.69, 9.17) is 4.74 Å². The highest BCUT2D eigenvalue weighted by Gasteiger charge is 2.21. The normalized spacial score (nSPS) is 15.8. The van der Waals surface area contributed by atoms with E-state index in [9.17, 15) is 4.79 Å². The molecule has 0 unspecified atom stereocenters. The number of piperidine rings is 1. The van der Waals surface area contributed by atoms with Crippen LogP contribution in [0, 0.1) is 5.92 Å². The first-order valence-electron chi connectivity index (χ1n) is 6.65. The van der Waals surface area contributed by atoms with Crippen LogP contribution < -0.4 is 15.4 Å². The van der Waals surface area contributed by atoms with Gasteiger partial charge in [0.2, 0.25) is 5.91 Å². The fraction of sp³-hybridized carbons (Fsp3) is 0.400. The van der Waals surface area contributed by atoms with E-state index in [1.54, 1.807) is 6.08 Å². The van der Waals surface area contributed by atoms with Crippen molar-refractivity contribution in [2.24, 2.45) is 5.92 Å². The quantitative estimate of drug-likeness (QED) is 0.798. The van der Waals surface area contributed by atoms with Gasteiger partial charge in [-0.25, -0.2) is 0 Å². The Labute approximate surface area is 113 Å². The minimum atomic E-state index is 0.0798. The van der Waals surface area contributed by atoms with Gasteiger partial charge in [0.25, 0.3) is 0 Å². The highest BCUT2D eigenvalue weighted by atomic mass is 16.5. The molecule has 4 nitrogen and oxygen atoms in total. The molecule has 1 fully saturated rings. The van der Waals surface area contributed by atoms with Gasteiger partial charge in [-0.1, -0.05) is 24.8 Å². The molecule has 102 valence electrons. The van der Waals surface area contributed by atoms with Gasteiger partial charge < -0.3 is 15.4 Å². The van der Waals surface area contributed by atoms with Crippen molar-refractivity contribution in [3.8, 4) is 5.75 Å². The summed E-state index contributed by atoms with van der Waals surface area (Å²) in [5.74, 6) is 0.856. The van der Waals surface area contributed by atoms with E-state index in [2.05, 4.69) is 17.2 Å². The van der Waals surface area contributed by atoms with Crippen LogP contribution in [0.25, 0.3) is 0 Å². The topological polar surface area (TPSA) is 50.4 Å². The molecule has 1 aromatic rings. The summed E-state index contributed by atoms with van der Waals surface area (Å²) in [5, 5.41) is 6.22. The number of hydrogen-bond donors (Lipinski definition) is 2. The molecule has 1 aliphatic heterocycles. The van der Waals surface area contributed by atoms with Gasteiger partial charge in [0, 0.05) is 5.92 Å². The molecule has 1 aromatic carbocycles. The number of ether oxygens (including phenoxy) is 1. The third-order valence-electron chi connectivity index (χ3n) is 3.21. The summed E-state index contributed by atoms with van der Waals surface area (Å²) in [5.41, 5.74) is 0.730. The maximum Gasteiger partial charge on any atom is 0.227 e. The number of carbonyl (C=O) groups is 1. The highest BCUT2D eigenvalue weighted by molar-refractivity contribution is 5.94. The second-order valence-electron chi connectivity index (χ2n) is 4.61. The Kier molecular flexibility index (Phi) is 4.98. The predicted molar refractivity (Wildman–Crippen MR) is 76.4 cm³/mol. The number of benzene rings is 1. The first-order chi connectivity index (χ1) is 9.31. The summed E-state index contributed by atoms with van der Waals surface area (Å²) in [6.07, 6.45) is 3.47. The molecule has 2 rings (SSSR count). The average Bonchev–Trinajstić information content (AvgIpc) is 2.47. The first kappa shape index (κ1) is 13.6. The van der Waals surface area contributed by atoms with Crippen molar-refractivity contribution in [3.05, 3.63) is 36.9 Å². The van der Waals surface area contributed by atoms with Crippen LogP contribution in [-0.4, -0.2) is 25.6 Å². The number of nitrogens with one attached hydrogen (secondary N) is 2. The van der Waals surface area contributed by atoms with Crippen molar-refractivity contribution in [1.29, 1.82) is 0 Å². The minimum absolute atomic E-state index is 0.0798. The highest BCUT2D eigenvalue weighted by Crippen LogP contribution is 2.25. The fourth-order valence-corrected chi connectivity index (χ4v) is 2.16. The van der Waals surface area contributed by atoms with Crippen molar-refractivity contribution < 1.29 is 9.53 Å². The van der Waals surface area contributed by atoms with Gasteiger partial charge in [0.1, 0.15) is 12.4 Å². The smallest absolute Gasteiger partial charge is 0.227 e. The molecule has 0 aromatic heterocycles. The standard InChI is InChI=1S/C15H20N2O2/c1-2-11-19-14-6-4-3-5-13(14)17-15(18)12-7-9-16-10-8-12/h2-6,12,16H,1,7-11H2,(H,17,18). The van der Waals surface area contributed by atoms with Crippen molar-refractivity contribution in [1.82, 2.24) is 5.32 Å². The van der Waals surface area contributed by atoms with Gasteiger partial charge in [-0.2, -0.15) is 0 Å². The van der Waals surface area contributed by atoms with Crippen molar-refractivity contribution in [2.45, 2.75) is 12.8 Å². The Morgan fingerprint density at radius 3 is 2.89 bits per heavy atom. The number of carbonyl (C=O) groups excluding carboxylic acids is 1. The molecule has 1 aliphatic rings. The van der Waals surface area contributed by atoms with Crippen LogP contribution in [0.3, 0.4) is 0 Å². The Balaban J connectivity index is 2.00. The SMILES string of the molecule is C=CCOc1ccccc1NC(=O)C1CCNCC1. The maximum atomic E-state index is 12.2. The molecular weight excluding hydrogens is 240 g/mol. The number of amides is 1. The molecule has 0 radical (unpaired) electrons. The van der Waals surface area contributed by atoms with E-state index in [-0.39, 0.29) is 11.8 Å². The molecule has 1 amide bonds. The summed E-state index contributed by atoms with van der Waals surface area (Å²) in [6, 6.07) is 7.48. The molecule has 19 heavy (non-hydrogen) atoms. The van der Waals surface area contributed by atoms with Crippen LogP contribution in [0.15, 0.2) is 36.9 Å². The number of anilines is 1. The Hall–Kier alpha value is -1.81. The minimum Gasteiger partial charge on any atom is -0.487 e. The summed E-state index contributed by atoms with van der Waals surface area (Å²) in [4.78, 5) is 12.2. The third kappa shape index (κ3) is 3.83. The molecule has 2 N–H and O–H groups in total. The Bertz CT molecular complexity index is 440. The summed E-state index contributed by atoms with van der Waals surface area (Å²) < 4.78 is 5.53. The van der Waals surface area contributed by atoms with Crippen LogP contribution in [0.5, 0.6) is 5.75 Å². The van der Waals surface area contributed by atoms with Gasteiger partial charge in [-0.15, -0.1) is 0 Å². The van der Waals surface area contributed by atoms with Crippen LogP contribution in [0.2, 0.25) is 0 Å². The molecule has 0 spiro atoms. The number of rotatable bonds is 5. The summed E-state index contributed by atoms with van der Waals surface area (Å²) in [6.45, 7) is 5.87. The lowest BCUT2D eigenvalue weighted by atomic mass is 9.97. The van der Waals surface area contributed by atoms with Gasteiger partial charge in [0.05, 0.1) is 5.69 Å². The third-order valence-corrected chi connectivity index (χ3v) is 3.21. The monoisotopic (exact) mass is 260 g/mol. The lowest BCUT2D eigenvalue weighted by molar-refractivity contribution is -0.120. The molecule has 1 saturated heterocycles. The molecular formula is C15H20N2O2. The fourth-order valence-electron chi connectivity index (χ4n) is 2.16. The van der Waals surface area contributed by atoms with E-state index < -0.39 is 0 Å². The van der Waals surface area contributed by atoms with E-state index in [0.717, 1.165) is 31.6 Å². The van der Waals surface area contributed by atoms with E-state index in [1.165, 1.54) is 0 Å². The van der Waals surface area contributed by atoms with Crippen LogP contribution in [-0.2, 0) is 4.79 Å². The number of hydrogen-bond acceptors (Lipinski definition) is 3. The second kappa shape index (κ2) is 6.95.